The molecule has 14 heavy (non-hydrogen) atoms. The number of carbonyl (C=O) groups is 1. The normalized spacial score (nSPS) is 12.9. The van der Waals surface area contributed by atoms with Crippen molar-refractivity contribution < 1.29 is 18.3 Å². The van der Waals surface area contributed by atoms with E-state index in [4.69, 9.17) is 9.29 Å². The van der Waals surface area contributed by atoms with E-state index in [1.54, 1.807) is 0 Å². The maximum absolute atomic E-state index is 10.9. The van der Waals surface area contributed by atoms with E-state index >= 15 is 0 Å². The highest BCUT2D eigenvalue weighted by Gasteiger charge is 2.04. The van der Waals surface area contributed by atoms with E-state index in [1.165, 1.54) is 0 Å². The van der Waals surface area contributed by atoms with Gasteiger partial charge in [0.15, 0.2) is 11.1 Å². The van der Waals surface area contributed by atoms with Crippen LogP contribution in [-0.2, 0) is 20.6 Å². The van der Waals surface area contributed by atoms with Crippen LogP contribution in [0.5, 0.6) is 0 Å². The quantitative estimate of drug-likeness (QED) is 0.403. The van der Waals surface area contributed by atoms with E-state index in [2.05, 4.69) is 13.8 Å². The third-order valence-corrected chi connectivity index (χ3v) is 2.22. The average molecular weight is 222 g/mol. The van der Waals surface area contributed by atoms with E-state index in [9.17, 15) is 9.00 Å². The third-order valence-electron chi connectivity index (χ3n) is 1.67. The lowest BCUT2D eigenvalue weighted by molar-refractivity contribution is -0.143. The van der Waals surface area contributed by atoms with Crippen molar-refractivity contribution in [2.45, 2.75) is 33.1 Å². The van der Waals surface area contributed by atoms with Crippen LogP contribution < -0.4 is 0 Å². The molecular weight excluding hydrogens is 204 g/mol. The van der Waals surface area contributed by atoms with Crippen molar-refractivity contribution in [2.24, 2.45) is 5.92 Å². The van der Waals surface area contributed by atoms with Gasteiger partial charge >= 0.3 is 5.97 Å². The summed E-state index contributed by atoms with van der Waals surface area (Å²) < 4.78 is 23.5. The van der Waals surface area contributed by atoms with Crippen LogP contribution in [0.1, 0.15) is 33.1 Å². The minimum Gasteiger partial charge on any atom is -0.466 e. The number of ether oxygens (including phenoxy) is 1. The molecule has 0 spiro atoms. The van der Waals surface area contributed by atoms with Gasteiger partial charge in [0.1, 0.15) is 0 Å². The van der Waals surface area contributed by atoms with Crippen LogP contribution >= 0.6 is 0 Å². The number of carbonyl (C=O) groups excluding carboxylic acids is 1. The van der Waals surface area contributed by atoms with Gasteiger partial charge in [-0.1, -0.05) is 13.8 Å². The van der Waals surface area contributed by atoms with Crippen molar-refractivity contribution in [3.63, 3.8) is 0 Å². The van der Waals surface area contributed by atoms with Crippen LogP contribution in [0.2, 0.25) is 0 Å². The van der Waals surface area contributed by atoms with Gasteiger partial charge in [-0.2, -0.15) is 0 Å². The SMILES string of the molecule is CC(C)CCCOC(=O)CCS(=O)O. The van der Waals surface area contributed by atoms with Crippen molar-refractivity contribution in [1.82, 2.24) is 0 Å². The standard InChI is InChI=1S/C9H18O4S/c1-8(2)4-3-6-13-9(10)5-7-14(11)12/h8H,3-7H2,1-2H3,(H,11,12). The molecule has 1 N–H and O–H groups in total. The molecule has 4 nitrogen and oxygen atoms in total. The van der Waals surface area contributed by atoms with Gasteiger partial charge < -0.3 is 9.29 Å². The predicted molar refractivity (Wildman–Crippen MR) is 55.3 cm³/mol. The first-order valence-corrected chi connectivity index (χ1v) is 6.03. The van der Waals surface area contributed by atoms with Crippen LogP contribution in [0.4, 0.5) is 0 Å². The zero-order chi connectivity index (χ0) is 11.0. The summed E-state index contributed by atoms with van der Waals surface area (Å²) in [7, 11) is 0. The molecule has 0 bridgehead atoms. The highest BCUT2D eigenvalue weighted by Crippen LogP contribution is 2.03. The molecule has 0 radical (unpaired) electrons. The molecule has 0 aromatic carbocycles. The molecule has 5 heteroatoms. The lowest BCUT2D eigenvalue weighted by Crippen LogP contribution is -2.10. The van der Waals surface area contributed by atoms with Gasteiger partial charge in [-0.05, 0) is 18.8 Å². The van der Waals surface area contributed by atoms with Crippen molar-refractivity contribution >= 4 is 17.0 Å². The van der Waals surface area contributed by atoms with E-state index in [1.807, 2.05) is 0 Å². The molecule has 1 unspecified atom stereocenters. The zero-order valence-corrected chi connectivity index (χ0v) is 9.51. The Balaban J connectivity index is 3.31. The molecule has 0 heterocycles. The van der Waals surface area contributed by atoms with Gasteiger partial charge in [-0.15, -0.1) is 0 Å². The molecule has 0 aliphatic carbocycles. The molecular formula is C9H18O4S. The summed E-state index contributed by atoms with van der Waals surface area (Å²) in [5, 5.41) is 0. The third kappa shape index (κ3) is 9.67. The van der Waals surface area contributed by atoms with Crippen LogP contribution in [0.15, 0.2) is 0 Å². The minimum absolute atomic E-state index is 0.0186. The van der Waals surface area contributed by atoms with Crippen LogP contribution in [0, 0.1) is 5.92 Å². The van der Waals surface area contributed by atoms with Crippen LogP contribution in [-0.4, -0.2) is 27.1 Å². The van der Waals surface area contributed by atoms with Gasteiger partial charge in [0, 0.05) is 0 Å². The fourth-order valence-electron chi connectivity index (χ4n) is 0.920. The molecule has 1 atom stereocenters. The Morgan fingerprint density at radius 2 is 2.14 bits per heavy atom. The Morgan fingerprint density at radius 1 is 1.50 bits per heavy atom. The summed E-state index contributed by atoms with van der Waals surface area (Å²) in [6.45, 7) is 4.63. The Kier molecular flexibility index (Phi) is 7.70. The first-order valence-electron chi connectivity index (χ1n) is 4.75. The van der Waals surface area contributed by atoms with Gasteiger partial charge in [-0.3, -0.25) is 4.79 Å². The fourth-order valence-corrected chi connectivity index (χ4v) is 1.26. The van der Waals surface area contributed by atoms with Gasteiger partial charge in [-0.25, -0.2) is 4.21 Å². The molecule has 0 aromatic heterocycles. The van der Waals surface area contributed by atoms with Crippen molar-refractivity contribution in [3.8, 4) is 0 Å². The highest BCUT2D eigenvalue weighted by atomic mass is 32.2. The Labute approximate surface area is 87.3 Å². The summed E-state index contributed by atoms with van der Waals surface area (Å²) in [6.07, 6.45) is 1.90. The molecule has 0 fully saturated rings. The number of esters is 1. The summed E-state index contributed by atoms with van der Waals surface area (Å²) in [5.41, 5.74) is 0. The van der Waals surface area contributed by atoms with Crippen molar-refractivity contribution in [3.05, 3.63) is 0 Å². The average Bonchev–Trinajstić information content (AvgIpc) is 2.08. The van der Waals surface area contributed by atoms with Gasteiger partial charge in [0.25, 0.3) is 0 Å². The Bertz CT molecular complexity index is 191. The highest BCUT2D eigenvalue weighted by molar-refractivity contribution is 7.79. The summed E-state index contributed by atoms with van der Waals surface area (Å²) >= 11 is -1.90. The zero-order valence-electron chi connectivity index (χ0n) is 8.69. The maximum atomic E-state index is 10.9. The maximum Gasteiger partial charge on any atom is 0.306 e. The summed E-state index contributed by atoms with van der Waals surface area (Å²) in [6, 6.07) is 0. The summed E-state index contributed by atoms with van der Waals surface area (Å²) in [4.78, 5) is 10.9. The van der Waals surface area contributed by atoms with E-state index in [0.29, 0.717) is 12.5 Å². The number of hydrogen-bond acceptors (Lipinski definition) is 3. The molecule has 0 aliphatic heterocycles. The van der Waals surface area contributed by atoms with Gasteiger partial charge in [0.2, 0.25) is 0 Å². The molecule has 0 saturated carbocycles. The molecule has 0 amide bonds. The molecule has 0 saturated heterocycles. The molecule has 0 aromatic rings. The lowest BCUT2D eigenvalue weighted by atomic mass is 10.1. The Hall–Kier alpha value is -0.420. The van der Waals surface area contributed by atoms with Crippen molar-refractivity contribution in [1.29, 1.82) is 0 Å². The van der Waals surface area contributed by atoms with Crippen LogP contribution in [0.3, 0.4) is 0 Å². The molecule has 0 rings (SSSR count). The molecule has 0 aliphatic rings. The second kappa shape index (κ2) is 7.94. The lowest BCUT2D eigenvalue weighted by Gasteiger charge is -2.05. The van der Waals surface area contributed by atoms with Crippen molar-refractivity contribution in [2.75, 3.05) is 12.4 Å². The predicted octanol–water partition coefficient (Wildman–Crippen LogP) is 1.58. The monoisotopic (exact) mass is 222 g/mol. The number of hydrogen-bond donors (Lipinski definition) is 1. The smallest absolute Gasteiger partial charge is 0.306 e. The van der Waals surface area contributed by atoms with Crippen LogP contribution in [0.25, 0.3) is 0 Å². The number of rotatable bonds is 7. The first-order chi connectivity index (χ1) is 6.52. The second-order valence-electron chi connectivity index (χ2n) is 3.53. The molecule has 84 valence electrons. The Morgan fingerprint density at radius 3 is 2.64 bits per heavy atom. The topological polar surface area (TPSA) is 63.6 Å². The fraction of sp³-hybridized carbons (Fsp3) is 0.889. The second-order valence-corrected chi connectivity index (χ2v) is 4.58. The largest absolute Gasteiger partial charge is 0.466 e. The van der Waals surface area contributed by atoms with Gasteiger partial charge in [0.05, 0.1) is 18.8 Å². The van der Waals surface area contributed by atoms with E-state index in [-0.39, 0.29) is 12.2 Å². The first kappa shape index (κ1) is 13.6. The van der Waals surface area contributed by atoms with E-state index in [0.717, 1.165) is 12.8 Å². The minimum atomic E-state index is -1.90. The van der Waals surface area contributed by atoms with E-state index < -0.39 is 17.0 Å². The summed E-state index contributed by atoms with van der Waals surface area (Å²) in [5.74, 6) is 0.179.